The van der Waals surface area contributed by atoms with Crippen LogP contribution in [0.5, 0.6) is 0 Å². The van der Waals surface area contributed by atoms with Crippen molar-refractivity contribution in [2.24, 2.45) is 0 Å². The number of carbonyl (C=O) groups is 2. The van der Waals surface area contributed by atoms with E-state index in [0.29, 0.717) is 18.7 Å². The fourth-order valence-electron chi connectivity index (χ4n) is 1.18. The minimum atomic E-state index is -0.780. The van der Waals surface area contributed by atoms with E-state index in [0.717, 1.165) is 10.1 Å². The summed E-state index contributed by atoms with van der Waals surface area (Å²) < 4.78 is 5.69. The smallest absolute Gasteiger partial charge is 0.311 e. The second kappa shape index (κ2) is 8.10. The first-order chi connectivity index (χ1) is 8.61. The molecule has 0 spiro atoms. The molecule has 0 fully saturated rings. The molecule has 0 radical (unpaired) electrons. The lowest BCUT2D eigenvalue weighted by Crippen LogP contribution is -2.07. The molecular formula is C11H15NO4S2. The maximum Gasteiger partial charge on any atom is 0.311 e. The fourth-order valence-corrected chi connectivity index (χ4v) is 3.03. The van der Waals surface area contributed by atoms with E-state index in [-0.39, 0.29) is 18.8 Å². The molecule has 5 nitrogen and oxygen atoms in total. The lowest BCUT2D eigenvalue weighted by molar-refractivity contribution is -0.142. The van der Waals surface area contributed by atoms with Crippen LogP contribution in [-0.2, 0) is 20.7 Å². The number of hydrogen-bond donors (Lipinski definition) is 1. The first-order valence-electron chi connectivity index (χ1n) is 5.56. The van der Waals surface area contributed by atoms with E-state index in [4.69, 9.17) is 9.84 Å². The SMILES string of the molecule is CCOC(=O)Cc1csc(SCCCC(=O)O)n1. The lowest BCUT2D eigenvalue weighted by Gasteiger charge is -1.98. The van der Waals surface area contributed by atoms with Gasteiger partial charge in [-0.25, -0.2) is 4.98 Å². The highest BCUT2D eigenvalue weighted by atomic mass is 32.2. The monoisotopic (exact) mass is 289 g/mol. The number of ether oxygens (including phenoxy) is 1. The Bertz CT molecular complexity index is 406. The Labute approximate surface area is 114 Å². The van der Waals surface area contributed by atoms with Gasteiger partial charge in [0.15, 0.2) is 0 Å². The number of aromatic nitrogens is 1. The average molecular weight is 289 g/mol. The van der Waals surface area contributed by atoms with Gasteiger partial charge in [0.05, 0.1) is 18.7 Å². The normalized spacial score (nSPS) is 10.3. The summed E-state index contributed by atoms with van der Waals surface area (Å²) in [5, 5.41) is 10.3. The number of nitrogens with zero attached hydrogens (tertiary/aromatic N) is 1. The number of carboxylic acids is 1. The van der Waals surface area contributed by atoms with Crippen LogP contribution in [0.3, 0.4) is 0 Å². The largest absolute Gasteiger partial charge is 0.481 e. The van der Waals surface area contributed by atoms with Crippen molar-refractivity contribution in [3.63, 3.8) is 0 Å². The standard InChI is InChI=1S/C11H15NO4S2/c1-2-16-10(15)6-8-7-18-11(12-8)17-5-3-4-9(13)14/h7H,2-6H2,1H3,(H,13,14). The van der Waals surface area contributed by atoms with Crippen molar-refractivity contribution in [3.8, 4) is 0 Å². The maximum absolute atomic E-state index is 11.2. The Morgan fingerprint density at radius 2 is 2.33 bits per heavy atom. The Kier molecular flexibility index (Phi) is 6.74. The number of thioether (sulfide) groups is 1. The van der Waals surface area contributed by atoms with Crippen molar-refractivity contribution in [3.05, 3.63) is 11.1 Å². The molecule has 0 saturated carbocycles. The number of thiazole rings is 1. The molecule has 7 heteroatoms. The predicted molar refractivity (Wildman–Crippen MR) is 70.0 cm³/mol. The number of carbonyl (C=O) groups excluding carboxylic acids is 1. The van der Waals surface area contributed by atoms with Crippen molar-refractivity contribution in [2.75, 3.05) is 12.4 Å². The Balaban J connectivity index is 2.29. The van der Waals surface area contributed by atoms with E-state index in [9.17, 15) is 9.59 Å². The van der Waals surface area contributed by atoms with Crippen molar-refractivity contribution in [1.29, 1.82) is 0 Å². The second-order valence-electron chi connectivity index (χ2n) is 3.43. The molecule has 0 atom stereocenters. The summed E-state index contributed by atoms with van der Waals surface area (Å²) in [6, 6.07) is 0. The third kappa shape index (κ3) is 6.02. The molecule has 1 N–H and O–H groups in total. The highest BCUT2D eigenvalue weighted by molar-refractivity contribution is 8.01. The van der Waals surface area contributed by atoms with Gasteiger partial charge in [-0.15, -0.1) is 11.3 Å². The minimum Gasteiger partial charge on any atom is -0.481 e. The van der Waals surface area contributed by atoms with E-state index in [1.807, 2.05) is 5.38 Å². The zero-order valence-electron chi connectivity index (χ0n) is 10.0. The van der Waals surface area contributed by atoms with Crippen LogP contribution in [0.2, 0.25) is 0 Å². The van der Waals surface area contributed by atoms with E-state index < -0.39 is 5.97 Å². The van der Waals surface area contributed by atoms with Crippen molar-refractivity contribution in [1.82, 2.24) is 4.98 Å². The predicted octanol–water partition coefficient (Wildman–Crippen LogP) is 2.21. The second-order valence-corrected chi connectivity index (χ2v) is 5.63. The maximum atomic E-state index is 11.2. The third-order valence-corrected chi connectivity index (χ3v) is 4.08. The van der Waals surface area contributed by atoms with E-state index in [1.165, 1.54) is 23.1 Å². The number of carboxylic acid groups (broad SMARTS) is 1. The van der Waals surface area contributed by atoms with E-state index >= 15 is 0 Å². The molecule has 1 aromatic rings. The lowest BCUT2D eigenvalue weighted by atomic mass is 10.3. The van der Waals surface area contributed by atoms with Crippen LogP contribution in [0.15, 0.2) is 9.72 Å². The molecule has 0 aliphatic rings. The molecular weight excluding hydrogens is 274 g/mol. The summed E-state index contributed by atoms with van der Waals surface area (Å²) in [5.74, 6) is -0.332. The van der Waals surface area contributed by atoms with Crippen molar-refractivity contribution in [2.45, 2.75) is 30.5 Å². The molecule has 0 aliphatic heterocycles. The molecule has 0 aromatic carbocycles. The van der Waals surface area contributed by atoms with Gasteiger partial charge >= 0.3 is 11.9 Å². The van der Waals surface area contributed by atoms with Gasteiger partial charge in [-0.3, -0.25) is 9.59 Å². The summed E-state index contributed by atoms with van der Waals surface area (Å²) in [5.41, 5.74) is 0.708. The molecule has 100 valence electrons. The minimum absolute atomic E-state index is 0.175. The van der Waals surface area contributed by atoms with Crippen LogP contribution in [0.1, 0.15) is 25.5 Å². The van der Waals surface area contributed by atoms with Crippen LogP contribution < -0.4 is 0 Å². The number of hydrogen-bond acceptors (Lipinski definition) is 6. The molecule has 1 heterocycles. The molecule has 0 unspecified atom stereocenters. The Morgan fingerprint density at radius 1 is 1.56 bits per heavy atom. The Morgan fingerprint density at radius 3 is 3.00 bits per heavy atom. The van der Waals surface area contributed by atoms with Gasteiger partial charge in [0.2, 0.25) is 0 Å². The molecule has 18 heavy (non-hydrogen) atoms. The van der Waals surface area contributed by atoms with Gasteiger partial charge in [-0.2, -0.15) is 0 Å². The summed E-state index contributed by atoms with van der Waals surface area (Å²) in [7, 11) is 0. The van der Waals surface area contributed by atoms with Gasteiger partial charge in [0.25, 0.3) is 0 Å². The molecule has 1 rings (SSSR count). The number of aliphatic carboxylic acids is 1. The van der Waals surface area contributed by atoms with Crippen LogP contribution >= 0.6 is 23.1 Å². The van der Waals surface area contributed by atoms with Crippen LogP contribution in [-0.4, -0.2) is 34.4 Å². The van der Waals surface area contributed by atoms with Gasteiger partial charge in [-0.1, -0.05) is 11.8 Å². The van der Waals surface area contributed by atoms with Gasteiger partial charge in [-0.05, 0) is 13.3 Å². The van der Waals surface area contributed by atoms with Gasteiger partial charge < -0.3 is 9.84 Å². The summed E-state index contributed by atoms with van der Waals surface area (Å²) >= 11 is 2.98. The highest BCUT2D eigenvalue weighted by Gasteiger charge is 2.08. The highest BCUT2D eigenvalue weighted by Crippen LogP contribution is 2.23. The quantitative estimate of drug-likeness (QED) is 0.449. The first-order valence-corrected chi connectivity index (χ1v) is 7.43. The van der Waals surface area contributed by atoms with Crippen molar-refractivity contribution < 1.29 is 19.4 Å². The van der Waals surface area contributed by atoms with Crippen LogP contribution in [0.25, 0.3) is 0 Å². The molecule has 0 saturated heterocycles. The summed E-state index contributed by atoms with van der Waals surface area (Å²) in [6.07, 6.45) is 0.987. The number of rotatable bonds is 8. The molecule has 0 amide bonds. The fraction of sp³-hybridized carbons (Fsp3) is 0.545. The zero-order valence-corrected chi connectivity index (χ0v) is 11.7. The van der Waals surface area contributed by atoms with Gasteiger partial charge in [0, 0.05) is 17.6 Å². The molecule has 1 aromatic heterocycles. The Hall–Kier alpha value is -1.08. The third-order valence-electron chi connectivity index (χ3n) is 1.92. The van der Waals surface area contributed by atoms with E-state index in [1.54, 1.807) is 6.92 Å². The van der Waals surface area contributed by atoms with Crippen LogP contribution in [0, 0.1) is 0 Å². The van der Waals surface area contributed by atoms with E-state index in [2.05, 4.69) is 4.98 Å². The first kappa shape index (κ1) is 15.0. The zero-order chi connectivity index (χ0) is 13.4. The van der Waals surface area contributed by atoms with Crippen LogP contribution in [0.4, 0.5) is 0 Å². The topological polar surface area (TPSA) is 76.5 Å². The number of esters is 1. The summed E-state index contributed by atoms with van der Waals surface area (Å²) in [4.78, 5) is 25.8. The molecule has 0 aliphatic carbocycles. The van der Waals surface area contributed by atoms with Crippen molar-refractivity contribution >= 4 is 35.0 Å². The van der Waals surface area contributed by atoms with Gasteiger partial charge in [0.1, 0.15) is 4.34 Å². The molecule has 0 bridgehead atoms. The average Bonchev–Trinajstić information content (AvgIpc) is 2.72. The summed E-state index contributed by atoms with van der Waals surface area (Å²) in [6.45, 7) is 2.14.